The number of hydrogen-bond acceptors (Lipinski definition) is 2. The van der Waals surface area contributed by atoms with Crippen molar-refractivity contribution >= 4 is 23.4 Å². The van der Waals surface area contributed by atoms with Gasteiger partial charge in [-0.2, -0.15) is 0 Å². The fourth-order valence-electron chi connectivity index (χ4n) is 2.18. The second kappa shape index (κ2) is 8.79. The third-order valence-electron chi connectivity index (χ3n) is 3.30. The summed E-state index contributed by atoms with van der Waals surface area (Å²) in [4.78, 5) is 26.2. The molecule has 0 aromatic heterocycles. The molecule has 4 nitrogen and oxygen atoms in total. The summed E-state index contributed by atoms with van der Waals surface area (Å²) in [6, 6.07) is 6.90. The second-order valence-corrected chi connectivity index (χ2v) is 6.18. The van der Waals surface area contributed by atoms with E-state index >= 15 is 0 Å². The van der Waals surface area contributed by atoms with E-state index in [0.717, 1.165) is 12.0 Å². The molecular formula is C17H25ClN2O2. The zero-order chi connectivity index (χ0) is 16.7. The van der Waals surface area contributed by atoms with Crippen LogP contribution in [0.2, 0.25) is 5.02 Å². The first-order chi connectivity index (χ1) is 10.3. The van der Waals surface area contributed by atoms with E-state index in [1.807, 2.05) is 39.0 Å². The molecular weight excluding hydrogens is 300 g/mol. The van der Waals surface area contributed by atoms with E-state index < -0.39 is 6.04 Å². The summed E-state index contributed by atoms with van der Waals surface area (Å²) in [5.41, 5.74) is 0.918. The Labute approximate surface area is 137 Å². The molecule has 1 N–H and O–H groups in total. The molecule has 0 heterocycles. The van der Waals surface area contributed by atoms with Crippen molar-refractivity contribution in [3.63, 3.8) is 0 Å². The van der Waals surface area contributed by atoms with Crippen LogP contribution in [-0.4, -0.2) is 28.8 Å². The lowest BCUT2D eigenvalue weighted by molar-refractivity contribution is -0.140. The van der Waals surface area contributed by atoms with Gasteiger partial charge in [-0.1, -0.05) is 30.7 Å². The Bertz CT molecular complexity index is 517. The van der Waals surface area contributed by atoms with E-state index in [0.29, 0.717) is 18.0 Å². The lowest BCUT2D eigenvalue weighted by atomic mass is 10.1. The van der Waals surface area contributed by atoms with Crippen molar-refractivity contribution < 1.29 is 9.59 Å². The van der Waals surface area contributed by atoms with Crippen LogP contribution in [-0.2, 0) is 16.1 Å². The van der Waals surface area contributed by atoms with Crippen LogP contribution in [0.15, 0.2) is 24.3 Å². The molecule has 0 bridgehead atoms. The molecule has 0 aliphatic carbocycles. The van der Waals surface area contributed by atoms with Crippen LogP contribution in [0, 0.1) is 0 Å². The van der Waals surface area contributed by atoms with Crippen molar-refractivity contribution in [1.29, 1.82) is 0 Å². The summed E-state index contributed by atoms with van der Waals surface area (Å²) < 4.78 is 0. The number of rotatable bonds is 7. The van der Waals surface area contributed by atoms with Gasteiger partial charge in [-0.25, -0.2) is 0 Å². The maximum atomic E-state index is 12.4. The Kier molecular flexibility index (Phi) is 7.39. The molecule has 0 fully saturated rings. The van der Waals surface area contributed by atoms with Gasteiger partial charge in [0.1, 0.15) is 6.04 Å². The molecule has 5 heteroatoms. The van der Waals surface area contributed by atoms with Gasteiger partial charge in [-0.3, -0.25) is 9.59 Å². The SMILES string of the molecule is CCCC(=O)N(Cc1cccc(Cl)c1)C(C)C(=O)NC(C)C. The van der Waals surface area contributed by atoms with Gasteiger partial charge in [0.15, 0.2) is 0 Å². The van der Waals surface area contributed by atoms with Gasteiger partial charge in [0.25, 0.3) is 0 Å². The monoisotopic (exact) mass is 324 g/mol. The van der Waals surface area contributed by atoms with Gasteiger partial charge in [0.05, 0.1) is 0 Å². The molecule has 1 aromatic rings. The number of nitrogens with one attached hydrogen (secondary N) is 1. The van der Waals surface area contributed by atoms with Crippen LogP contribution in [0.1, 0.15) is 46.1 Å². The fraction of sp³-hybridized carbons (Fsp3) is 0.529. The van der Waals surface area contributed by atoms with Crippen LogP contribution in [0.4, 0.5) is 0 Å². The first kappa shape index (κ1) is 18.5. The van der Waals surface area contributed by atoms with Crippen LogP contribution >= 0.6 is 11.6 Å². The van der Waals surface area contributed by atoms with Gasteiger partial charge in [-0.05, 0) is 44.9 Å². The summed E-state index contributed by atoms with van der Waals surface area (Å²) in [6.07, 6.45) is 1.18. The summed E-state index contributed by atoms with van der Waals surface area (Å²) in [6.45, 7) is 7.90. The van der Waals surface area contributed by atoms with E-state index in [2.05, 4.69) is 5.32 Å². The number of benzene rings is 1. The molecule has 122 valence electrons. The Morgan fingerprint density at radius 1 is 1.27 bits per heavy atom. The zero-order valence-electron chi connectivity index (χ0n) is 13.7. The molecule has 1 rings (SSSR count). The van der Waals surface area contributed by atoms with Gasteiger partial charge in [-0.15, -0.1) is 0 Å². The third kappa shape index (κ3) is 5.68. The van der Waals surface area contributed by atoms with Crippen molar-refractivity contribution in [1.82, 2.24) is 10.2 Å². The zero-order valence-corrected chi connectivity index (χ0v) is 14.5. The van der Waals surface area contributed by atoms with E-state index in [4.69, 9.17) is 11.6 Å². The highest BCUT2D eigenvalue weighted by atomic mass is 35.5. The normalized spacial score (nSPS) is 12.1. The number of halogens is 1. The van der Waals surface area contributed by atoms with Crippen LogP contribution in [0.3, 0.4) is 0 Å². The highest BCUT2D eigenvalue weighted by Gasteiger charge is 2.25. The number of hydrogen-bond donors (Lipinski definition) is 1. The van der Waals surface area contributed by atoms with Crippen molar-refractivity contribution in [2.45, 2.75) is 59.2 Å². The largest absolute Gasteiger partial charge is 0.352 e. The minimum Gasteiger partial charge on any atom is -0.352 e. The number of nitrogens with zero attached hydrogens (tertiary/aromatic N) is 1. The average molecular weight is 325 g/mol. The van der Waals surface area contributed by atoms with E-state index in [9.17, 15) is 9.59 Å². The van der Waals surface area contributed by atoms with Crippen molar-refractivity contribution in [3.8, 4) is 0 Å². The van der Waals surface area contributed by atoms with Crippen molar-refractivity contribution in [2.75, 3.05) is 0 Å². The van der Waals surface area contributed by atoms with Gasteiger partial charge in [0, 0.05) is 24.0 Å². The Morgan fingerprint density at radius 2 is 1.95 bits per heavy atom. The smallest absolute Gasteiger partial charge is 0.242 e. The van der Waals surface area contributed by atoms with E-state index in [1.165, 1.54) is 0 Å². The molecule has 22 heavy (non-hydrogen) atoms. The Hall–Kier alpha value is -1.55. The number of carbonyl (C=O) groups excluding carboxylic acids is 2. The predicted octanol–water partition coefficient (Wildman–Crippen LogP) is 3.38. The number of amides is 2. The van der Waals surface area contributed by atoms with E-state index in [1.54, 1.807) is 17.9 Å². The standard InChI is InChI=1S/C17H25ClN2O2/c1-5-7-16(21)20(13(4)17(22)19-12(2)3)11-14-8-6-9-15(18)10-14/h6,8-10,12-13H,5,7,11H2,1-4H3,(H,19,22). The van der Waals surface area contributed by atoms with Crippen LogP contribution in [0.5, 0.6) is 0 Å². The van der Waals surface area contributed by atoms with Gasteiger partial charge < -0.3 is 10.2 Å². The molecule has 0 saturated carbocycles. The Balaban J connectivity index is 2.92. The number of carbonyl (C=O) groups is 2. The fourth-order valence-corrected chi connectivity index (χ4v) is 2.39. The van der Waals surface area contributed by atoms with Crippen molar-refractivity contribution in [2.24, 2.45) is 0 Å². The summed E-state index contributed by atoms with van der Waals surface area (Å²) in [5, 5.41) is 3.48. The molecule has 0 radical (unpaired) electrons. The second-order valence-electron chi connectivity index (χ2n) is 5.74. The molecule has 0 aliphatic heterocycles. The van der Waals surface area contributed by atoms with Crippen LogP contribution < -0.4 is 5.32 Å². The quantitative estimate of drug-likeness (QED) is 0.836. The topological polar surface area (TPSA) is 49.4 Å². The summed E-state index contributed by atoms with van der Waals surface area (Å²) >= 11 is 6.00. The molecule has 1 unspecified atom stereocenters. The third-order valence-corrected chi connectivity index (χ3v) is 3.54. The van der Waals surface area contributed by atoms with E-state index in [-0.39, 0.29) is 17.9 Å². The Morgan fingerprint density at radius 3 is 2.50 bits per heavy atom. The molecule has 0 aliphatic rings. The first-order valence-electron chi connectivity index (χ1n) is 7.69. The minimum absolute atomic E-state index is 0.0196. The van der Waals surface area contributed by atoms with Gasteiger partial charge >= 0.3 is 0 Å². The lowest BCUT2D eigenvalue weighted by Gasteiger charge is -2.29. The maximum Gasteiger partial charge on any atom is 0.242 e. The average Bonchev–Trinajstić information content (AvgIpc) is 2.43. The predicted molar refractivity (Wildman–Crippen MR) is 89.7 cm³/mol. The summed E-state index contributed by atoms with van der Waals surface area (Å²) in [7, 11) is 0. The first-order valence-corrected chi connectivity index (χ1v) is 8.07. The molecule has 1 atom stereocenters. The maximum absolute atomic E-state index is 12.4. The van der Waals surface area contributed by atoms with Crippen LogP contribution in [0.25, 0.3) is 0 Å². The molecule has 1 aromatic carbocycles. The molecule has 2 amide bonds. The molecule has 0 spiro atoms. The summed E-state index contributed by atoms with van der Waals surface area (Å²) in [5.74, 6) is -0.157. The highest BCUT2D eigenvalue weighted by molar-refractivity contribution is 6.30. The van der Waals surface area contributed by atoms with Gasteiger partial charge in [0.2, 0.25) is 11.8 Å². The molecule has 0 saturated heterocycles. The lowest BCUT2D eigenvalue weighted by Crippen LogP contribution is -2.49. The minimum atomic E-state index is -0.513. The van der Waals surface area contributed by atoms with Crippen molar-refractivity contribution in [3.05, 3.63) is 34.9 Å². The highest BCUT2D eigenvalue weighted by Crippen LogP contribution is 2.15.